The molecule has 0 spiro atoms. The highest BCUT2D eigenvalue weighted by molar-refractivity contribution is 7.19. The summed E-state index contributed by atoms with van der Waals surface area (Å²) in [6.45, 7) is 9.56. The number of rotatable bonds is 10. The second-order valence-corrected chi connectivity index (χ2v) is 10.8. The van der Waals surface area contributed by atoms with E-state index in [1.54, 1.807) is 20.8 Å². The van der Waals surface area contributed by atoms with E-state index in [0.29, 0.717) is 24.6 Å². The molecule has 0 bridgehead atoms. The van der Waals surface area contributed by atoms with Gasteiger partial charge in [0, 0.05) is 5.56 Å². The molecule has 7 nitrogen and oxygen atoms in total. The Hall–Kier alpha value is -3.23. The summed E-state index contributed by atoms with van der Waals surface area (Å²) in [4.78, 5) is 31.1. The molecule has 192 valence electrons. The number of carbonyl (C=O) groups is 2. The standard InChI is InChI=1S/C28H35N3O4S/c1-6-12-22(30-26(34)24(32)28(3,4)5)25(33)31-27-29-18(2)23(36-27)21-16-11-10-13-19(21)17-35-20-14-8-7-9-15-20/h7-11,13-16,22,24,32H,6,12,17H2,1-5H3,(H,30,34)(H,29,31,33)/t22-,24+/m0/s1. The van der Waals surface area contributed by atoms with Crippen LogP contribution in [0.1, 0.15) is 51.8 Å². The number of ether oxygens (including phenoxy) is 1. The highest BCUT2D eigenvalue weighted by Crippen LogP contribution is 2.35. The van der Waals surface area contributed by atoms with Crippen LogP contribution in [0, 0.1) is 12.3 Å². The molecule has 1 heterocycles. The monoisotopic (exact) mass is 509 g/mol. The SMILES string of the molecule is CCC[C@H](NC(=O)[C@@H](O)C(C)(C)C)C(=O)Nc1nc(C)c(-c2ccccc2COc2ccccc2)s1. The second-order valence-electron chi connectivity index (χ2n) is 9.80. The third-order valence-electron chi connectivity index (χ3n) is 5.71. The predicted molar refractivity (Wildman–Crippen MR) is 144 cm³/mol. The average Bonchev–Trinajstić information content (AvgIpc) is 3.21. The Morgan fingerprint density at radius 2 is 1.72 bits per heavy atom. The van der Waals surface area contributed by atoms with E-state index in [2.05, 4.69) is 15.6 Å². The topological polar surface area (TPSA) is 101 Å². The van der Waals surface area contributed by atoms with Gasteiger partial charge in [0.05, 0.1) is 10.6 Å². The molecule has 0 saturated heterocycles. The number of carbonyl (C=O) groups excluding carboxylic acids is 2. The van der Waals surface area contributed by atoms with Gasteiger partial charge in [0.15, 0.2) is 5.13 Å². The van der Waals surface area contributed by atoms with Crippen molar-refractivity contribution in [1.82, 2.24) is 10.3 Å². The first-order valence-electron chi connectivity index (χ1n) is 12.1. The molecule has 0 aliphatic carbocycles. The summed E-state index contributed by atoms with van der Waals surface area (Å²) in [6, 6.07) is 16.8. The van der Waals surface area contributed by atoms with Gasteiger partial charge in [0.25, 0.3) is 0 Å². The van der Waals surface area contributed by atoms with Crippen molar-refractivity contribution in [2.45, 2.75) is 66.2 Å². The highest BCUT2D eigenvalue weighted by Gasteiger charge is 2.32. The van der Waals surface area contributed by atoms with E-state index in [-0.39, 0.29) is 5.91 Å². The zero-order valence-electron chi connectivity index (χ0n) is 21.5. The first-order chi connectivity index (χ1) is 17.1. The second kappa shape index (κ2) is 12.1. The minimum atomic E-state index is -1.21. The van der Waals surface area contributed by atoms with Crippen molar-refractivity contribution in [1.29, 1.82) is 0 Å². The summed E-state index contributed by atoms with van der Waals surface area (Å²) >= 11 is 1.38. The van der Waals surface area contributed by atoms with Crippen LogP contribution in [0.15, 0.2) is 54.6 Å². The molecule has 0 saturated carbocycles. The van der Waals surface area contributed by atoms with Crippen molar-refractivity contribution in [3.8, 4) is 16.2 Å². The maximum absolute atomic E-state index is 13.0. The Balaban J connectivity index is 1.74. The van der Waals surface area contributed by atoms with Crippen molar-refractivity contribution in [2.75, 3.05) is 5.32 Å². The van der Waals surface area contributed by atoms with Gasteiger partial charge in [0.2, 0.25) is 11.8 Å². The number of aromatic nitrogens is 1. The molecular weight excluding hydrogens is 474 g/mol. The van der Waals surface area contributed by atoms with E-state index in [4.69, 9.17) is 4.74 Å². The first kappa shape index (κ1) is 27.4. The van der Waals surface area contributed by atoms with E-state index in [0.717, 1.165) is 27.4 Å². The molecule has 1 aromatic heterocycles. The largest absolute Gasteiger partial charge is 0.489 e. The molecular formula is C28H35N3O4S. The Bertz CT molecular complexity index is 1170. The molecule has 8 heteroatoms. The number of anilines is 1. The Morgan fingerprint density at radius 1 is 1.06 bits per heavy atom. The van der Waals surface area contributed by atoms with Gasteiger partial charge < -0.3 is 20.5 Å². The minimum absolute atomic E-state index is 0.354. The minimum Gasteiger partial charge on any atom is -0.489 e. The van der Waals surface area contributed by atoms with E-state index < -0.39 is 23.5 Å². The zero-order valence-corrected chi connectivity index (χ0v) is 22.3. The van der Waals surface area contributed by atoms with Crippen LogP contribution in [-0.4, -0.2) is 34.1 Å². The lowest BCUT2D eigenvalue weighted by molar-refractivity contribution is -0.137. The normalized spacial score (nSPS) is 13.1. The smallest absolute Gasteiger partial charge is 0.250 e. The number of benzene rings is 2. The summed E-state index contributed by atoms with van der Waals surface area (Å²) in [5, 5.41) is 16.3. The van der Waals surface area contributed by atoms with Gasteiger partial charge in [-0.3, -0.25) is 9.59 Å². The number of hydrogen-bond donors (Lipinski definition) is 3. The van der Waals surface area contributed by atoms with Crippen LogP contribution >= 0.6 is 11.3 Å². The van der Waals surface area contributed by atoms with Gasteiger partial charge in [-0.1, -0.05) is 87.9 Å². The van der Waals surface area contributed by atoms with Crippen molar-refractivity contribution in [3.63, 3.8) is 0 Å². The maximum Gasteiger partial charge on any atom is 0.250 e. The molecule has 2 atom stereocenters. The van der Waals surface area contributed by atoms with Crippen LogP contribution in [-0.2, 0) is 16.2 Å². The molecule has 0 aliphatic rings. The number of aryl methyl sites for hydroxylation is 1. The van der Waals surface area contributed by atoms with Crippen molar-refractivity contribution >= 4 is 28.3 Å². The molecule has 2 aromatic carbocycles. The third-order valence-corrected chi connectivity index (χ3v) is 6.81. The lowest BCUT2D eigenvalue weighted by atomic mass is 9.88. The zero-order chi connectivity index (χ0) is 26.3. The van der Waals surface area contributed by atoms with Crippen LogP contribution in [0.4, 0.5) is 5.13 Å². The molecule has 3 rings (SSSR count). The molecule has 0 radical (unpaired) electrons. The number of thiazole rings is 1. The highest BCUT2D eigenvalue weighted by atomic mass is 32.1. The van der Waals surface area contributed by atoms with Gasteiger partial charge in [0.1, 0.15) is 24.5 Å². The quantitative estimate of drug-likeness (QED) is 0.343. The molecule has 3 aromatic rings. The van der Waals surface area contributed by atoms with Crippen LogP contribution in [0.2, 0.25) is 0 Å². The van der Waals surface area contributed by atoms with Gasteiger partial charge in [-0.25, -0.2) is 4.98 Å². The molecule has 0 fully saturated rings. The lowest BCUT2D eigenvalue weighted by Gasteiger charge is -2.26. The summed E-state index contributed by atoms with van der Waals surface area (Å²) in [6.07, 6.45) is -0.0698. The fourth-order valence-corrected chi connectivity index (χ4v) is 4.67. The number of nitrogens with one attached hydrogen (secondary N) is 2. The van der Waals surface area contributed by atoms with Crippen molar-refractivity contribution in [3.05, 3.63) is 65.9 Å². The van der Waals surface area contributed by atoms with Crippen molar-refractivity contribution in [2.24, 2.45) is 5.41 Å². The molecule has 0 aliphatic heterocycles. The van der Waals surface area contributed by atoms with Crippen LogP contribution < -0.4 is 15.4 Å². The van der Waals surface area contributed by atoms with E-state index in [9.17, 15) is 14.7 Å². The Kier molecular flexibility index (Phi) is 9.23. The summed E-state index contributed by atoms with van der Waals surface area (Å²) in [5.41, 5.74) is 2.17. The predicted octanol–water partition coefficient (Wildman–Crippen LogP) is 5.33. The summed E-state index contributed by atoms with van der Waals surface area (Å²) in [5.74, 6) is -0.117. The number of nitrogens with zero attached hydrogens (tertiary/aromatic N) is 1. The van der Waals surface area contributed by atoms with Gasteiger partial charge in [-0.05, 0) is 36.5 Å². The van der Waals surface area contributed by atoms with Crippen LogP contribution in [0.3, 0.4) is 0 Å². The first-order valence-corrected chi connectivity index (χ1v) is 12.9. The lowest BCUT2D eigenvalue weighted by Crippen LogP contribution is -2.50. The number of amides is 2. The van der Waals surface area contributed by atoms with E-state index in [1.165, 1.54) is 11.3 Å². The number of aliphatic hydroxyl groups is 1. The number of aliphatic hydroxyl groups excluding tert-OH is 1. The van der Waals surface area contributed by atoms with Crippen LogP contribution in [0.25, 0.3) is 10.4 Å². The number of hydrogen-bond acceptors (Lipinski definition) is 6. The van der Waals surface area contributed by atoms with Gasteiger partial charge in [-0.15, -0.1) is 0 Å². The molecule has 2 amide bonds. The summed E-state index contributed by atoms with van der Waals surface area (Å²) in [7, 11) is 0. The van der Waals surface area contributed by atoms with Crippen LogP contribution in [0.5, 0.6) is 5.75 Å². The van der Waals surface area contributed by atoms with E-state index in [1.807, 2.05) is 68.4 Å². The Labute approximate surface area is 216 Å². The fraction of sp³-hybridized carbons (Fsp3) is 0.393. The van der Waals surface area contributed by atoms with Gasteiger partial charge in [-0.2, -0.15) is 0 Å². The fourth-order valence-electron chi connectivity index (χ4n) is 3.64. The average molecular weight is 510 g/mol. The maximum atomic E-state index is 13.0. The molecule has 36 heavy (non-hydrogen) atoms. The Morgan fingerprint density at radius 3 is 2.39 bits per heavy atom. The molecule has 3 N–H and O–H groups in total. The van der Waals surface area contributed by atoms with Gasteiger partial charge >= 0.3 is 0 Å². The number of para-hydroxylation sites is 1. The molecule has 0 unspecified atom stereocenters. The van der Waals surface area contributed by atoms with Crippen molar-refractivity contribution < 1.29 is 19.4 Å². The summed E-state index contributed by atoms with van der Waals surface area (Å²) < 4.78 is 5.96. The third kappa shape index (κ3) is 7.15. The van der Waals surface area contributed by atoms with E-state index >= 15 is 0 Å².